The number of hydrogen-bond donors (Lipinski definition) is 2. The van der Waals surface area contributed by atoms with Gasteiger partial charge in [0.25, 0.3) is 0 Å². The Balaban J connectivity index is 1.68. The number of aliphatic hydroxyl groups is 1. The second-order valence-corrected chi connectivity index (χ2v) is 8.82. The zero-order valence-corrected chi connectivity index (χ0v) is 16.2. The van der Waals surface area contributed by atoms with Crippen LogP contribution in [0.2, 0.25) is 0 Å². The van der Waals surface area contributed by atoms with Gasteiger partial charge in [0.15, 0.2) is 0 Å². The SMILES string of the molecule is Cc1ccc(-n2cccn2)cc1S(=O)(=O)N[C@@H](c1ccccn1)C1CC(O)C1. The number of aryl methyl sites for hydroxylation is 1. The molecule has 1 fully saturated rings. The summed E-state index contributed by atoms with van der Waals surface area (Å²) in [5.74, 6) is 0.00859. The second kappa shape index (κ2) is 7.46. The highest BCUT2D eigenvalue weighted by Gasteiger charge is 2.38. The Bertz CT molecular complexity index is 1050. The highest BCUT2D eigenvalue weighted by Crippen LogP contribution is 2.38. The number of aliphatic hydroxyl groups excluding tert-OH is 1. The summed E-state index contributed by atoms with van der Waals surface area (Å²) in [6.45, 7) is 1.77. The highest BCUT2D eigenvalue weighted by atomic mass is 32.2. The van der Waals surface area contributed by atoms with Gasteiger partial charge in [0.2, 0.25) is 10.0 Å². The van der Waals surface area contributed by atoms with Gasteiger partial charge < -0.3 is 5.11 Å². The summed E-state index contributed by atoms with van der Waals surface area (Å²) in [5.41, 5.74) is 1.98. The van der Waals surface area contributed by atoms with Gasteiger partial charge in [-0.2, -0.15) is 5.10 Å². The van der Waals surface area contributed by atoms with Gasteiger partial charge in [0.05, 0.1) is 28.4 Å². The zero-order chi connectivity index (χ0) is 19.7. The van der Waals surface area contributed by atoms with Crippen molar-refractivity contribution in [2.75, 3.05) is 0 Å². The Labute approximate surface area is 164 Å². The number of aromatic nitrogens is 3. The van der Waals surface area contributed by atoms with E-state index >= 15 is 0 Å². The van der Waals surface area contributed by atoms with Crippen molar-refractivity contribution in [2.24, 2.45) is 5.92 Å². The molecule has 0 aliphatic heterocycles. The Kier molecular flexibility index (Phi) is 5.01. The summed E-state index contributed by atoms with van der Waals surface area (Å²) >= 11 is 0. The van der Waals surface area contributed by atoms with Crippen LogP contribution in [0, 0.1) is 12.8 Å². The molecule has 0 unspecified atom stereocenters. The van der Waals surface area contributed by atoms with E-state index in [4.69, 9.17) is 0 Å². The van der Waals surface area contributed by atoms with Crippen molar-refractivity contribution in [3.8, 4) is 5.69 Å². The monoisotopic (exact) mass is 398 g/mol. The first kappa shape index (κ1) is 18.8. The standard InChI is InChI=1S/C20H22N4O3S/c1-14-6-7-16(24-10-4-9-22-24)13-19(14)28(26,27)23-20(15-11-17(25)12-15)18-5-2-3-8-21-18/h2-10,13,15,17,20,23,25H,11-12H2,1H3/t15?,17?,20-/m1/s1. The minimum Gasteiger partial charge on any atom is -0.393 e. The largest absolute Gasteiger partial charge is 0.393 e. The van der Waals surface area contributed by atoms with Gasteiger partial charge in [-0.3, -0.25) is 4.98 Å². The summed E-state index contributed by atoms with van der Waals surface area (Å²) in [6.07, 6.45) is 5.78. The minimum atomic E-state index is -3.80. The molecule has 8 heteroatoms. The Morgan fingerprint density at radius 3 is 2.64 bits per heavy atom. The third-order valence-corrected chi connectivity index (χ3v) is 6.72. The molecule has 2 heterocycles. The fourth-order valence-electron chi connectivity index (χ4n) is 3.53. The van der Waals surface area contributed by atoms with Crippen LogP contribution in [0.15, 0.2) is 66.0 Å². The average molecular weight is 398 g/mol. The first-order chi connectivity index (χ1) is 13.4. The van der Waals surface area contributed by atoms with E-state index in [9.17, 15) is 13.5 Å². The smallest absolute Gasteiger partial charge is 0.241 e. The molecular formula is C20H22N4O3S. The number of hydrogen-bond acceptors (Lipinski definition) is 5. The lowest BCUT2D eigenvalue weighted by Crippen LogP contribution is -2.41. The van der Waals surface area contributed by atoms with Gasteiger partial charge in [-0.25, -0.2) is 17.8 Å². The number of benzene rings is 1. The quantitative estimate of drug-likeness (QED) is 0.664. The predicted octanol–water partition coefficient (Wildman–Crippen LogP) is 2.37. The summed E-state index contributed by atoms with van der Waals surface area (Å²) in [5, 5.41) is 13.9. The molecule has 0 spiro atoms. The molecule has 0 radical (unpaired) electrons. The van der Waals surface area contributed by atoms with Crippen molar-refractivity contribution in [1.82, 2.24) is 19.5 Å². The maximum absolute atomic E-state index is 13.3. The Hall–Kier alpha value is -2.55. The summed E-state index contributed by atoms with van der Waals surface area (Å²) in [6, 6.07) is 12.0. The van der Waals surface area contributed by atoms with E-state index in [-0.39, 0.29) is 16.9 Å². The normalized spacial score (nSPS) is 20.5. The van der Waals surface area contributed by atoms with E-state index in [0.29, 0.717) is 29.8 Å². The van der Waals surface area contributed by atoms with E-state index in [1.165, 1.54) is 0 Å². The molecule has 1 aliphatic rings. The number of nitrogens with one attached hydrogen (secondary N) is 1. The van der Waals surface area contributed by atoms with E-state index in [1.54, 1.807) is 54.5 Å². The van der Waals surface area contributed by atoms with Crippen molar-refractivity contribution >= 4 is 10.0 Å². The molecule has 1 saturated carbocycles. The van der Waals surface area contributed by atoms with Crippen LogP contribution in [0.3, 0.4) is 0 Å². The fraction of sp³-hybridized carbons (Fsp3) is 0.300. The molecule has 1 atom stereocenters. The Morgan fingerprint density at radius 2 is 2.00 bits per heavy atom. The molecule has 0 amide bonds. The first-order valence-corrected chi connectivity index (χ1v) is 10.6. The van der Waals surface area contributed by atoms with E-state index in [0.717, 1.165) is 0 Å². The molecule has 0 bridgehead atoms. The topological polar surface area (TPSA) is 97.1 Å². The van der Waals surface area contributed by atoms with Crippen molar-refractivity contribution in [3.05, 3.63) is 72.3 Å². The number of pyridine rings is 1. The van der Waals surface area contributed by atoms with Gasteiger partial charge in [-0.15, -0.1) is 0 Å². The van der Waals surface area contributed by atoms with Gasteiger partial charge in [-0.05, 0) is 61.6 Å². The minimum absolute atomic E-state index is 0.00859. The van der Waals surface area contributed by atoms with Gasteiger partial charge >= 0.3 is 0 Å². The predicted molar refractivity (Wildman–Crippen MR) is 104 cm³/mol. The summed E-state index contributed by atoms with van der Waals surface area (Å²) in [7, 11) is -3.80. The lowest BCUT2D eigenvalue weighted by molar-refractivity contribution is 0.0273. The molecule has 4 rings (SSSR count). The molecule has 0 saturated heterocycles. The molecule has 146 valence electrons. The van der Waals surface area contributed by atoms with E-state index in [2.05, 4.69) is 14.8 Å². The number of sulfonamides is 1. The second-order valence-electron chi connectivity index (χ2n) is 7.14. The van der Waals surface area contributed by atoms with Crippen LogP contribution in [0.25, 0.3) is 5.69 Å². The van der Waals surface area contributed by atoms with Gasteiger partial charge in [0.1, 0.15) is 0 Å². The van der Waals surface area contributed by atoms with Crippen LogP contribution in [0.1, 0.15) is 30.1 Å². The molecular weight excluding hydrogens is 376 g/mol. The summed E-state index contributed by atoms with van der Waals surface area (Å²) in [4.78, 5) is 4.55. The number of nitrogens with zero attached hydrogens (tertiary/aromatic N) is 3. The van der Waals surface area contributed by atoms with Gasteiger partial charge in [0, 0.05) is 18.6 Å². The van der Waals surface area contributed by atoms with Crippen LogP contribution in [0.4, 0.5) is 0 Å². The fourth-order valence-corrected chi connectivity index (χ4v) is 5.08. The van der Waals surface area contributed by atoms with Crippen molar-refractivity contribution in [1.29, 1.82) is 0 Å². The van der Waals surface area contributed by atoms with E-state index < -0.39 is 16.1 Å². The maximum atomic E-state index is 13.3. The van der Waals surface area contributed by atoms with Crippen molar-refractivity contribution in [2.45, 2.75) is 36.8 Å². The van der Waals surface area contributed by atoms with Crippen molar-refractivity contribution < 1.29 is 13.5 Å². The number of rotatable bonds is 6. The molecule has 28 heavy (non-hydrogen) atoms. The van der Waals surface area contributed by atoms with Crippen molar-refractivity contribution in [3.63, 3.8) is 0 Å². The molecule has 7 nitrogen and oxygen atoms in total. The molecule has 3 aromatic rings. The molecule has 2 aromatic heterocycles. The Morgan fingerprint density at radius 1 is 1.18 bits per heavy atom. The van der Waals surface area contributed by atoms with Crippen LogP contribution in [0.5, 0.6) is 0 Å². The van der Waals surface area contributed by atoms with Crippen LogP contribution in [-0.4, -0.2) is 34.4 Å². The lowest BCUT2D eigenvalue weighted by Gasteiger charge is -2.37. The lowest BCUT2D eigenvalue weighted by atomic mass is 9.76. The van der Waals surface area contributed by atoms with Crippen LogP contribution < -0.4 is 4.72 Å². The third-order valence-electron chi connectivity index (χ3n) is 5.14. The average Bonchev–Trinajstić information content (AvgIpc) is 3.19. The molecule has 2 N–H and O–H groups in total. The highest BCUT2D eigenvalue weighted by molar-refractivity contribution is 7.89. The van der Waals surface area contributed by atoms with Gasteiger partial charge in [-0.1, -0.05) is 12.1 Å². The van der Waals surface area contributed by atoms with E-state index in [1.807, 2.05) is 18.2 Å². The first-order valence-electron chi connectivity index (χ1n) is 9.16. The zero-order valence-electron chi connectivity index (χ0n) is 15.4. The van der Waals surface area contributed by atoms with Crippen LogP contribution in [-0.2, 0) is 10.0 Å². The third kappa shape index (κ3) is 3.71. The van der Waals surface area contributed by atoms with Crippen LogP contribution >= 0.6 is 0 Å². The maximum Gasteiger partial charge on any atom is 0.241 e. The molecule has 1 aromatic carbocycles. The molecule has 1 aliphatic carbocycles. The summed E-state index contributed by atoms with van der Waals surface area (Å²) < 4.78 is 31.0.